The first-order chi connectivity index (χ1) is 9.49. The maximum Gasteiger partial charge on any atom is 0.306 e. The third kappa shape index (κ3) is 3.01. The minimum absolute atomic E-state index is 0.0627. The number of aliphatic carboxylic acids is 1. The van der Waals surface area contributed by atoms with Crippen LogP contribution in [-0.2, 0) is 4.79 Å². The summed E-state index contributed by atoms with van der Waals surface area (Å²) in [6.45, 7) is 0.274. The maximum absolute atomic E-state index is 11.9. The zero-order valence-corrected chi connectivity index (χ0v) is 10.9. The summed E-state index contributed by atoms with van der Waals surface area (Å²) in [5.74, 6) is -2.21. The molecule has 6 nitrogen and oxygen atoms in total. The Kier molecular flexibility index (Phi) is 4.12. The minimum atomic E-state index is -0.825. The van der Waals surface area contributed by atoms with E-state index in [4.69, 9.17) is 10.2 Å². The van der Waals surface area contributed by atoms with Crippen molar-refractivity contribution in [3.63, 3.8) is 0 Å². The highest BCUT2D eigenvalue weighted by molar-refractivity contribution is 5.97. The number of carbonyl (C=O) groups excluding carboxylic acids is 1. The molecular formula is C14H17NO5. The van der Waals surface area contributed by atoms with Gasteiger partial charge in [0.1, 0.15) is 11.5 Å². The molecule has 6 heteroatoms. The average Bonchev–Trinajstić information content (AvgIpc) is 2.84. The molecule has 2 unspecified atom stereocenters. The van der Waals surface area contributed by atoms with Crippen molar-refractivity contribution in [3.8, 4) is 11.5 Å². The molecular weight excluding hydrogens is 262 g/mol. The predicted octanol–water partition coefficient (Wildman–Crippen LogP) is 1.33. The second-order valence-electron chi connectivity index (χ2n) is 5.05. The number of amides is 1. The Morgan fingerprint density at radius 3 is 2.65 bits per heavy atom. The molecule has 1 saturated carbocycles. The van der Waals surface area contributed by atoms with Gasteiger partial charge in [-0.05, 0) is 30.9 Å². The summed E-state index contributed by atoms with van der Waals surface area (Å²) in [5.41, 5.74) is 0.0627. The molecule has 4 N–H and O–H groups in total. The molecule has 0 saturated heterocycles. The van der Waals surface area contributed by atoms with Crippen LogP contribution >= 0.6 is 0 Å². The van der Waals surface area contributed by atoms with Crippen LogP contribution in [0.15, 0.2) is 18.2 Å². The Hall–Kier alpha value is -2.24. The van der Waals surface area contributed by atoms with Crippen molar-refractivity contribution >= 4 is 11.9 Å². The van der Waals surface area contributed by atoms with Crippen LogP contribution in [0.5, 0.6) is 11.5 Å². The van der Waals surface area contributed by atoms with Gasteiger partial charge in [0.05, 0.1) is 11.5 Å². The number of phenols is 2. The minimum Gasteiger partial charge on any atom is -0.508 e. The van der Waals surface area contributed by atoms with Crippen molar-refractivity contribution in [2.24, 2.45) is 11.8 Å². The highest BCUT2D eigenvalue weighted by Gasteiger charge is 2.33. The summed E-state index contributed by atoms with van der Waals surface area (Å²) < 4.78 is 0. The molecule has 1 fully saturated rings. The van der Waals surface area contributed by atoms with Gasteiger partial charge >= 0.3 is 5.97 Å². The van der Waals surface area contributed by atoms with Crippen molar-refractivity contribution < 1.29 is 24.9 Å². The van der Waals surface area contributed by atoms with Crippen LogP contribution < -0.4 is 5.32 Å². The third-order valence-corrected chi connectivity index (χ3v) is 3.73. The molecule has 1 aliphatic rings. The molecule has 1 aromatic rings. The zero-order valence-electron chi connectivity index (χ0n) is 10.9. The number of aromatic hydroxyl groups is 2. The largest absolute Gasteiger partial charge is 0.508 e. The lowest BCUT2D eigenvalue weighted by Crippen LogP contribution is -2.33. The Balaban J connectivity index is 1.97. The lowest BCUT2D eigenvalue weighted by molar-refractivity contribution is -0.142. The van der Waals surface area contributed by atoms with Gasteiger partial charge in [-0.2, -0.15) is 0 Å². The smallest absolute Gasteiger partial charge is 0.306 e. The summed E-state index contributed by atoms with van der Waals surface area (Å²) in [5, 5.41) is 30.4. The molecule has 1 amide bonds. The molecule has 1 aliphatic carbocycles. The Morgan fingerprint density at radius 1 is 1.25 bits per heavy atom. The van der Waals surface area contributed by atoms with Crippen LogP contribution in [0.4, 0.5) is 0 Å². The van der Waals surface area contributed by atoms with E-state index < -0.39 is 17.8 Å². The zero-order chi connectivity index (χ0) is 14.7. The Labute approximate surface area is 116 Å². The van der Waals surface area contributed by atoms with E-state index >= 15 is 0 Å². The van der Waals surface area contributed by atoms with Crippen molar-refractivity contribution in [2.45, 2.75) is 19.3 Å². The molecule has 20 heavy (non-hydrogen) atoms. The van der Waals surface area contributed by atoms with E-state index in [1.165, 1.54) is 12.1 Å². The first kappa shape index (κ1) is 14.2. The molecule has 0 spiro atoms. The summed E-state index contributed by atoms with van der Waals surface area (Å²) in [6, 6.07) is 3.72. The van der Waals surface area contributed by atoms with E-state index in [0.29, 0.717) is 6.42 Å². The van der Waals surface area contributed by atoms with E-state index in [2.05, 4.69) is 5.32 Å². The number of hydrogen-bond donors (Lipinski definition) is 4. The highest BCUT2D eigenvalue weighted by atomic mass is 16.4. The van der Waals surface area contributed by atoms with Crippen molar-refractivity contribution in [3.05, 3.63) is 23.8 Å². The number of carboxylic acid groups (broad SMARTS) is 1. The van der Waals surface area contributed by atoms with E-state index in [9.17, 15) is 14.7 Å². The summed E-state index contributed by atoms with van der Waals surface area (Å²) >= 11 is 0. The standard InChI is InChI=1S/C14H17NO5/c16-9-4-5-11(12(17)6-9)13(18)15-7-8-2-1-3-10(8)14(19)20/h4-6,8,10,16-17H,1-3,7H2,(H,15,18)(H,19,20). The Morgan fingerprint density at radius 2 is 2.00 bits per heavy atom. The van der Waals surface area contributed by atoms with Crippen molar-refractivity contribution in [1.82, 2.24) is 5.32 Å². The molecule has 0 aliphatic heterocycles. The Bertz CT molecular complexity index is 528. The topological polar surface area (TPSA) is 107 Å². The SMILES string of the molecule is O=C(NCC1CCCC1C(=O)O)c1ccc(O)cc1O. The highest BCUT2D eigenvalue weighted by Crippen LogP contribution is 2.31. The van der Waals surface area contributed by atoms with Gasteiger partial charge in [-0.3, -0.25) is 9.59 Å². The first-order valence-electron chi connectivity index (χ1n) is 6.52. The summed E-state index contributed by atoms with van der Waals surface area (Å²) in [7, 11) is 0. The fraction of sp³-hybridized carbons (Fsp3) is 0.429. The average molecular weight is 279 g/mol. The van der Waals surface area contributed by atoms with Crippen LogP contribution in [0.25, 0.3) is 0 Å². The number of carboxylic acids is 1. The number of benzene rings is 1. The van der Waals surface area contributed by atoms with E-state index in [0.717, 1.165) is 18.9 Å². The summed E-state index contributed by atoms with van der Waals surface area (Å²) in [6.07, 6.45) is 2.26. The van der Waals surface area contributed by atoms with Gasteiger partial charge < -0.3 is 20.6 Å². The van der Waals surface area contributed by atoms with Gasteiger partial charge in [0, 0.05) is 12.6 Å². The van der Waals surface area contributed by atoms with Gasteiger partial charge in [0.15, 0.2) is 0 Å². The number of rotatable bonds is 4. The monoisotopic (exact) mass is 279 g/mol. The van der Waals surface area contributed by atoms with Crippen LogP contribution in [0, 0.1) is 11.8 Å². The predicted molar refractivity (Wildman–Crippen MR) is 70.6 cm³/mol. The van der Waals surface area contributed by atoms with Crippen LogP contribution in [0.1, 0.15) is 29.6 Å². The lowest BCUT2D eigenvalue weighted by atomic mass is 9.96. The molecule has 108 valence electrons. The van der Waals surface area contributed by atoms with Gasteiger partial charge in [-0.25, -0.2) is 0 Å². The molecule has 1 aromatic carbocycles. The molecule has 0 heterocycles. The quantitative estimate of drug-likeness (QED) is 0.665. The maximum atomic E-state index is 11.9. The normalized spacial score (nSPS) is 21.6. The van der Waals surface area contributed by atoms with Gasteiger partial charge in [0.2, 0.25) is 0 Å². The number of hydrogen-bond acceptors (Lipinski definition) is 4. The number of carbonyl (C=O) groups is 2. The third-order valence-electron chi connectivity index (χ3n) is 3.73. The van der Waals surface area contributed by atoms with Gasteiger partial charge in [0.25, 0.3) is 5.91 Å². The van der Waals surface area contributed by atoms with E-state index in [-0.39, 0.29) is 29.5 Å². The lowest BCUT2D eigenvalue weighted by Gasteiger charge is -2.16. The van der Waals surface area contributed by atoms with Crippen LogP contribution in [0.3, 0.4) is 0 Å². The molecule has 0 bridgehead atoms. The summed E-state index contributed by atoms with van der Waals surface area (Å²) in [4.78, 5) is 22.9. The fourth-order valence-electron chi connectivity index (χ4n) is 2.64. The molecule has 2 atom stereocenters. The first-order valence-corrected chi connectivity index (χ1v) is 6.52. The van der Waals surface area contributed by atoms with Crippen molar-refractivity contribution in [2.75, 3.05) is 6.54 Å². The van der Waals surface area contributed by atoms with E-state index in [1.807, 2.05) is 0 Å². The number of phenolic OH excluding ortho intramolecular Hbond substituents is 2. The van der Waals surface area contributed by atoms with Gasteiger partial charge in [-0.1, -0.05) is 6.42 Å². The van der Waals surface area contributed by atoms with E-state index in [1.54, 1.807) is 0 Å². The van der Waals surface area contributed by atoms with Gasteiger partial charge in [-0.15, -0.1) is 0 Å². The number of nitrogens with one attached hydrogen (secondary N) is 1. The van der Waals surface area contributed by atoms with Crippen LogP contribution in [-0.4, -0.2) is 33.7 Å². The second kappa shape index (κ2) is 5.81. The van der Waals surface area contributed by atoms with Crippen LogP contribution in [0.2, 0.25) is 0 Å². The molecule has 0 radical (unpaired) electrons. The van der Waals surface area contributed by atoms with Crippen molar-refractivity contribution in [1.29, 1.82) is 0 Å². The second-order valence-corrected chi connectivity index (χ2v) is 5.05. The molecule has 2 rings (SSSR count). The fourth-order valence-corrected chi connectivity index (χ4v) is 2.64. The molecule has 0 aromatic heterocycles.